The number of hydrogen-bond donors (Lipinski definition) is 1. The number of anilines is 1. The molecule has 3 aromatic rings. The molecule has 2 N–H and O–H groups in total. The van der Waals surface area contributed by atoms with Crippen molar-refractivity contribution in [1.29, 1.82) is 0 Å². The average molecular weight is 287 g/mol. The van der Waals surface area contributed by atoms with Crippen molar-refractivity contribution in [2.75, 3.05) is 5.73 Å². The fourth-order valence-electron chi connectivity index (χ4n) is 2.08. The van der Waals surface area contributed by atoms with E-state index in [9.17, 15) is 8.78 Å². The van der Waals surface area contributed by atoms with E-state index in [2.05, 4.69) is 15.5 Å². The highest BCUT2D eigenvalue weighted by Crippen LogP contribution is 2.24. The van der Waals surface area contributed by atoms with Crippen molar-refractivity contribution in [2.45, 2.75) is 6.92 Å². The topological polar surface area (TPSA) is 69.6 Å². The monoisotopic (exact) mass is 287 g/mol. The molecule has 0 fully saturated rings. The molecule has 0 saturated heterocycles. The number of nitrogen functional groups attached to an aromatic ring is 1. The zero-order valence-electron chi connectivity index (χ0n) is 11.1. The largest absolute Gasteiger partial charge is 0.399 e. The third kappa shape index (κ3) is 2.45. The standard InChI is InChI=1S/C14H11F2N5/c1-8-2-3-10(15)7-13(8)21-14(18-19-20-21)9-4-11(16)6-12(17)5-9/h2-7H,17H2,1H3. The van der Waals surface area contributed by atoms with E-state index in [1.54, 1.807) is 19.1 Å². The number of aryl methyl sites for hydroxylation is 1. The molecule has 2 aromatic carbocycles. The summed E-state index contributed by atoms with van der Waals surface area (Å²) in [6.07, 6.45) is 0. The molecule has 0 unspecified atom stereocenters. The number of nitrogens with zero attached hydrogens (tertiary/aromatic N) is 4. The van der Waals surface area contributed by atoms with Crippen LogP contribution in [-0.4, -0.2) is 20.2 Å². The molecule has 5 nitrogen and oxygen atoms in total. The van der Waals surface area contributed by atoms with Gasteiger partial charge in [-0.3, -0.25) is 0 Å². The lowest BCUT2D eigenvalue weighted by atomic mass is 10.1. The molecular formula is C14H11F2N5. The Morgan fingerprint density at radius 3 is 2.62 bits per heavy atom. The summed E-state index contributed by atoms with van der Waals surface area (Å²) >= 11 is 0. The van der Waals surface area contributed by atoms with Crippen molar-refractivity contribution in [3.8, 4) is 17.1 Å². The van der Waals surface area contributed by atoms with Crippen LogP contribution in [-0.2, 0) is 0 Å². The van der Waals surface area contributed by atoms with Gasteiger partial charge >= 0.3 is 0 Å². The Bertz CT molecular complexity index is 793. The van der Waals surface area contributed by atoms with E-state index in [0.29, 0.717) is 11.3 Å². The summed E-state index contributed by atoms with van der Waals surface area (Å²) in [6, 6.07) is 8.31. The number of halogens is 2. The van der Waals surface area contributed by atoms with Crippen molar-refractivity contribution in [3.05, 3.63) is 53.6 Å². The third-order valence-corrected chi connectivity index (χ3v) is 3.05. The summed E-state index contributed by atoms with van der Waals surface area (Å²) in [5.74, 6) is -0.610. The molecule has 7 heteroatoms. The number of benzene rings is 2. The molecule has 1 aromatic heterocycles. The maximum absolute atomic E-state index is 13.5. The van der Waals surface area contributed by atoms with E-state index in [0.717, 1.165) is 5.56 Å². The normalized spacial score (nSPS) is 10.8. The van der Waals surface area contributed by atoms with Crippen LogP contribution in [0, 0.1) is 18.6 Å². The molecule has 0 atom stereocenters. The van der Waals surface area contributed by atoms with Gasteiger partial charge < -0.3 is 5.73 Å². The van der Waals surface area contributed by atoms with Crippen LogP contribution in [0.25, 0.3) is 17.1 Å². The van der Waals surface area contributed by atoms with Crippen LogP contribution in [0.5, 0.6) is 0 Å². The predicted octanol–water partition coefficient (Wildman–Crippen LogP) is 2.50. The lowest BCUT2D eigenvalue weighted by molar-refractivity contribution is 0.623. The number of aromatic nitrogens is 4. The van der Waals surface area contributed by atoms with Gasteiger partial charge in [-0.1, -0.05) is 6.07 Å². The summed E-state index contributed by atoms with van der Waals surface area (Å²) in [6.45, 7) is 1.81. The van der Waals surface area contributed by atoms with Crippen molar-refractivity contribution < 1.29 is 8.78 Å². The highest BCUT2D eigenvalue weighted by atomic mass is 19.1. The molecule has 0 aliphatic carbocycles. The van der Waals surface area contributed by atoms with Gasteiger partial charge in [-0.05, 0) is 53.2 Å². The van der Waals surface area contributed by atoms with Gasteiger partial charge in [0.2, 0.25) is 0 Å². The number of hydrogen-bond acceptors (Lipinski definition) is 4. The van der Waals surface area contributed by atoms with Crippen LogP contribution in [0.3, 0.4) is 0 Å². The molecular weight excluding hydrogens is 276 g/mol. The van der Waals surface area contributed by atoms with Crippen LogP contribution in [0.4, 0.5) is 14.5 Å². The van der Waals surface area contributed by atoms with E-state index >= 15 is 0 Å². The highest BCUT2D eigenvalue weighted by Gasteiger charge is 2.14. The van der Waals surface area contributed by atoms with Gasteiger partial charge in [-0.25, -0.2) is 8.78 Å². The Labute approximate surface area is 119 Å². The molecule has 0 radical (unpaired) electrons. The van der Waals surface area contributed by atoms with Crippen LogP contribution in [0.1, 0.15) is 5.56 Å². The van der Waals surface area contributed by atoms with Crippen molar-refractivity contribution in [3.63, 3.8) is 0 Å². The SMILES string of the molecule is Cc1ccc(F)cc1-n1nnnc1-c1cc(N)cc(F)c1. The Kier molecular flexibility index (Phi) is 3.09. The number of tetrazole rings is 1. The summed E-state index contributed by atoms with van der Waals surface area (Å²) < 4.78 is 28.3. The van der Waals surface area contributed by atoms with E-state index < -0.39 is 11.6 Å². The van der Waals surface area contributed by atoms with Crippen LogP contribution >= 0.6 is 0 Å². The second-order valence-corrected chi connectivity index (χ2v) is 4.62. The Morgan fingerprint density at radius 2 is 1.86 bits per heavy atom. The average Bonchev–Trinajstić information content (AvgIpc) is 2.89. The smallest absolute Gasteiger partial charge is 0.187 e. The van der Waals surface area contributed by atoms with Crippen molar-refractivity contribution in [2.24, 2.45) is 0 Å². The number of rotatable bonds is 2. The number of nitrogens with two attached hydrogens (primary N) is 1. The van der Waals surface area contributed by atoms with Gasteiger partial charge in [0.15, 0.2) is 5.82 Å². The molecule has 0 aliphatic rings. The minimum absolute atomic E-state index is 0.260. The first kappa shape index (κ1) is 13.2. The van der Waals surface area contributed by atoms with Crippen LogP contribution < -0.4 is 5.73 Å². The second kappa shape index (κ2) is 4.93. The summed E-state index contributed by atoms with van der Waals surface area (Å²) in [7, 11) is 0. The first-order valence-electron chi connectivity index (χ1n) is 6.16. The zero-order valence-corrected chi connectivity index (χ0v) is 11.1. The molecule has 3 rings (SSSR count). The minimum atomic E-state index is -0.490. The molecule has 0 amide bonds. The Balaban J connectivity index is 2.19. The summed E-state index contributed by atoms with van der Waals surface area (Å²) in [4.78, 5) is 0. The van der Waals surface area contributed by atoms with Crippen molar-refractivity contribution in [1.82, 2.24) is 20.2 Å². The van der Waals surface area contributed by atoms with Gasteiger partial charge in [-0.2, -0.15) is 4.68 Å². The fraction of sp³-hybridized carbons (Fsp3) is 0.0714. The van der Waals surface area contributed by atoms with Crippen LogP contribution in [0.2, 0.25) is 0 Å². The lowest BCUT2D eigenvalue weighted by Crippen LogP contribution is -2.03. The van der Waals surface area contributed by atoms with E-state index in [1.807, 2.05) is 0 Å². The maximum atomic E-state index is 13.5. The lowest BCUT2D eigenvalue weighted by Gasteiger charge is -2.08. The quantitative estimate of drug-likeness (QED) is 0.735. The van der Waals surface area contributed by atoms with Crippen LogP contribution in [0.15, 0.2) is 36.4 Å². The first-order valence-corrected chi connectivity index (χ1v) is 6.16. The van der Waals surface area contributed by atoms with Gasteiger partial charge in [-0.15, -0.1) is 5.10 Å². The molecule has 0 spiro atoms. The van der Waals surface area contributed by atoms with E-state index in [1.165, 1.54) is 28.9 Å². The van der Waals surface area contributed by atoms with Gasteiger partial charge in [0.05, 0.1) is 5.69 Å². The molecule has 1 heterocycles. The van der Waals surface area contributed by atoms with Gasteiger partial charge in [0.1, 0.15) is 11.6 Å². The van der Waals surface area contributed by atoms with E-state index in [-0.39, 0.29) is 11.5 Å². The maximum Gasteiger partial charge on any atom is 0.187 e. The van der Waals surface area contributed by atoms with Gasteiger partial charge in [0.25, 0.3) is 0 Å². The van der Waals surface area contributed by atoms with E-state index in [4.69, 9.17) is 5.73 Å². The van der Waals surface area contributed by atoms with Gasteiger partial charge in [0, 0.05) is 11.3 Å². The molecule has 0 bridgehead atoms. The molecule has 0 saturated carbocycles. The summed E-state index contributed by atoms with van der Waals surface area (Å²) in [5.41, 5.74) is 7.58. The molecule has 0 aliphatic heterocycles. The Morgan fingerprint density at radius 1 is 1.05 bits per heavy atom. The third-order valence-electron chi connectivity index (χ3n) is 3.05. The Hall–Kier alpha value is -2.83. The highest BCUT2D eigenvalue weighted by molar-refractivity contribution is 5.63. The zero-order chi connectivity index (χ0) is 15.0. The first-order chi connectivity index (χ1) is 10.0. The fourth-order valence-corrected chi connectivity index (χ4v) is 2.08. The minimum Gasteiger partial charge on any atom is -0.399 e. The molecule has 21 heavy (non-hydrogen) atoms. The molecule has 106 valence electrons. The second-order valence-electron chi connectivity index (χ2n) is 4.62. The summed E-state index contributed by atoms with van der Waals surface area (Å²) in [5, 5.41) is 11.3. The van der Waals surface area contributed by atoms with Crippen molar-refractivity contribution >= 4 is 5.69 Å². The predicted molar refractivity (Wildman–Crippen MR) is 73.7 cm³/mol.